The highest BCUT2D eigenvalue weighted by Gasteiger charge is 2.36. The van der Waals surface area contributed by atoms with Crippen LogP contribution in [0.5, 0.6) is 0 Å². The molecular weight excluding hydrogens is 350 g/mol. The summed E-state index contributed by atoms with van der Waals surface area (Å²) in [6.45, 7) is 1.71. The summed E-state index contributed by atoms with van der Waals surface area (Å²) in [6, 6.07) is 18.1. The van der Waals surface area contributed by atoms with E-state index in [1.165, 1.54) is 0 Å². The summed E-state index contributed by atoms with van der Waals surface area (Å²) >= 11 is 0. The lowest BCUT2D eigenvalue weighted by Crippen LogP contribution is -2.33. The van der Waals surface area contributed by atoms with Crippen LogP contribution in [-0.4, -0.2) is 20.9 Å². The number of hydrogen-bond acceptors (Lipinski definition) is 4. The molecule has 0 spiro atoms. The van der Waals surface area contributed by atoms with Gasteiger partial charge in [0.05, 0.1) is 10.6 Å². The maximum absolute atomic E-state index is 12.8. The summed E-state index contributed by atoms with van der Waals surface area (Å²) in [5, 5.41) is 1.49. The molecule has 0 unspecified atom stereocenters. The minimum absolute atomic E-state index is 0.122. The van der Waals surface area contributed by atoms with Crippen molar-refractivity contribution in [2.45, 2.75) is 18.4 Å². The van der Waals surface area contributed by atoms with Crippen molar-refractivity contribution in [2.75, 3.05) is 10.8 Å². The van der Waals surface area contributed by atoms with Crippen molar-refractivity contribution in [3.05, 3.63) is 71.8 Å². The van der Waals surface area contributed by atoms with Crippen LogP contribution in [0.3, 0.4) is 0 Å². The van der Waals surface area contributed by atoms with E-state index in [9.17, 15) is 13.2 Å². The average Bonchev–Trinajstić information content (AvgIpc) is 2.85. The van der Waals surface area contributed by atoms with E-state index in [0.717, 1.165) is 20.8 Å². The molecular formula is C20H17NO4S. The van der Waals surface area contributed by atoms with Crippen molar-refractivity contribution in [1.82, 2.24) is 0 Å². The molecule has 1 aliphatic heterocycles. The Bertz CT molecular complexity index is 1120. The van der Waals surface area contributed by atoms with Crippen LogP contribution >= 0.6 is 0 Å². The van der Waals surface area contributed by atoms with Gasteiger partial charge < -0.3 is 4.74 Å². The van der Waals surface area contributed by atoms with Gasteiger partial charge in [0.2, 0.25) is 0 Å². The fourth-order valence-corrected chi connectivity index (χ4v) is 4.88. The summed E-state index contributed by atoms with van der Waals surface area (Å²) in [5.74, 6) is -0.582. The second kappa shape index (κ2) is 6.14. The molecule has 3 aromatic carbocycles. The van der Waals surface area contributed by atoms with Gasteiger partial charge in [-0.15, -0.1) is 0 Å². The van der Waals surface area contributed by atoms with E-state index >= 15 is 0 Å². The first-order valence-corrected chi connectivity index (χ1v) is 9.67. The maximum atomic E-state index is 12.8. The number of rotatable bonds is 4. The SMILES string of the molecule is Cc1ccccc1COC(=O)CN1c2cccc3cccc(c23)S1(=O)=O. The Kier molecular flexibility index (Phi) is 3.92. The third-order valence-corrected chi connectivity index (χ3v) is 6.41. The molecule has 0 bridgehead atoms. The predicted molar refractivity (Wildman–Crippen MR) is 99.5 cm³/mol. The fraction of sp³-hybridized carbons (Fsp3) is 0.150. The topological polar surface area (TPSA) is 63.7 Å². The molecule has 5 nitrogen and oxygen atoms in total. The average molecular weight is 367 g/mol. The number of benzene rings is 3. The van der Waals surface area contributed by atoms with E-state index in [-0.39, 0.29) is 18.0 Å². The number of aryl methyl sites for hydroxylation is 1. The molecule has 132 valence electrons. The fourth-order valence-electron chi connectivity index (χ4n) is 3.22. The molecule has 0 atom stereocenters. The van der Waals surface area contributed by atoms with Gasteiger partial charge in [-0.25, -0.2) is 8.42 Å². The standard InChI is InChI=1S/C20H17NO4S/c1-14-6-2-3-7-16(14)13-25-19(22)12-21-17-10-4-8-15-9-5-11-18(20(15)17)26(21,23)24/h2-11H,12-13H2,1H3. The largest absolute Gasteiger partial charge is 0.459 e. The first-order chi connectivity index (χ1) is 12.5. The molecule has 0 N–H and O–H groups in total. The van der Waals surface area contributed by atoms with Gasteiger partial charge >= 0.3 is 5.97 Å². The van der Waals surface area contributed by atoms with E-state index in [4.69, 9.17) is 4.74 Å². The maximum Gasteiger partial charge on any atom is 0.327 e. The highest BCUT2D eigenvalue weighted by Crippen LogP contribution is 2.41. The van der Waals surface area contributed by atoms with Crippen LogP contribution in [0.4, 0.5) is 5.69 Å². The lowest BCUT2D eigenvalue weighted by atomic mass is 10.1. The van der Waals surface area contributed by atoms with E-state index in [1.807, 2.05) is 43.3 Å². The van der Waals surface area contributed by atoms with E-state index in [1.54, 1.807) is 24.3 Å². The Balaban J connectivity index is 1.58. The summed E-state index contributed by atoms with van der Waals surface area (Å²) < 4.78 is 32.1. The molecule has 1 heterocycles. The molecule has 0 aliphatic carbocycles. The lowest BCUT2D eigenvalue weighted by Gasteiger charge is -2.18. The molecule has 6 heteroatoms. The van der Waals surface area contributed by atoms with Crippen LogP contribution in [-0.2, 0) is 26.2 Å². The van der Waals surface area contributed by atoms with E-state index < -0.39 is 16.0 Å². The Labute approximate surface area is 151 Å². The minimum Gasteiger partial charge on any atom is -0.459 e. The summed E-state index contributed by atoms with van der Waals surface area (Å²) in [7, 11) is -3.75. The van der Waals surface area contributed by atoms with Gasteiger partial charge in [0.15, 0.2) is 0 Å². The van der Waals surface area contributed by atoms with Gasteiger partial charge in [-0.3, -0.25) is 9.10 Å². The van der Waals surface area contributed by atoms with Crippen molar-refractivity contribution in [2.24, 2.45) is 0 Å². The first kappa shape index (κ1) is 16.6. The third kappa shape index (κ3) is 2.63. The lowest BCUT2D eigenvalue weighted by molar-refractivity contribution is -0.143. The number of carbonyl (C=O) groups excluding carboxylic acids is 1. The van der Waals surface area contributed by atoms with Crippen molar-refractivity contribution in [1.29, 1.82) is 0 Å². The molecule has 0 radical (unpaired) electrons. The van der Waals surface area contributed by atoms with Crippen LogP contribution in [0.25, 0.3) is 10.8 Å². The molecule has 0 aromatic heterocycles. The number of anilines is 1. The molecule has 4 rings (SSSR count). The molecule has 0 saturated heterocycles. The number of sulfonamides is 1. The van der Waals surface area contributed by atoms with Gasteiger partial charge in [0, 0.05) is 5.39 Å². The van der Waals surface area contributed by atoms with E-state index in [0.29, 0.717) is 11.1 Å². The van der Waals surface area contributed by atoms with Gasteiger partial charge in [-0.2, -0.15) is 0 Å². The number of esters is 1. The van der Waals surface area contributed by atoms with E-state index in [2.05, 4.69) is 0 Å². The van der Waals surface area contributed by atoms with Gasteiger partial charge in [0.1, 0.15) is 13.2 Å². The van der Waals surface area contributed by atoms with Crippen LogP contribution in [0, 0.1) is 6.92 Å². The Morgan fingerprint density at radius 1 is 1.00 bits per heavy atom. The second-order valence-electron chi connectivity index (χ2n) is 6.23. The van der Waals surface area contributed by atoms with Crippen molar-refractivity contribution >= 4 is 32.5 Å². The van der Waals surface area contributed by atoms with Gasteiger partial charge in [0.25, 0.3) is 10.0 Å². The quantitative estimate of drug-likeness (QED) is 0.663. The third-order valence-electron chi connectivity index (χ3n) is 4.60. The highest BCUT2D eigenvalue weighted by atomic mass is 32.2. The number of nitrogens with zero attached hydrogens (tertiary/aromatic N) is 1. The zero-order valence-corrected chi connectivity index (χ0v) is 15.0. The highest BCUT2D eigenvalue weighted by molar-refractivity contribution is 7.93. The number of carbonyl (C=O) groups is 1. The smallest absolute Gasteiger partial charge is 0.327 e. The second-order valence-corrected chi connectivity index (χ2v) is 8.06. The predicted octanol–water partition coefficient (Wildman–Crippen LogP) is 3.40. The molecule has 0 fully saturated rings. The first-order valence-electron chi connectivity index (χ1n) is 8.23. The van der Waals surface area contributed by atoms with Crippen molar-refractivity contribution in [3.63, 3.8) is 0 Å². The zero-order chi connectivity index (χ0) is 18.3. The van der Waals surface area contributed by atoms with Crippen LogP contribution in [0.1, 0.15) is 11.1 Å². The molecule has 0 amide bonds. The number of hydrogen-bond donors (Lipinski definition) is 0. The Morgan fingerprint density at radius 2 is 1.73 bits per heavy atom. The normalized spacial score (nSPS) is 14.6. The van der Waals surface area contributed by atoms with Gasteiger partial charge in [-0.05, 0) is 35.6 Å². The molecule has 26 heavy (non-hydrogen) atoms. The minimum atomic E-state index is -3.75. The van der Waals surface area contributed by atoms with Crippen LogP contribution in [0.15, 0.2) is 65.6 Å². The van der Waals surface area contributed by atoms with Crippen molar-refractivity contribution in [3.8, 4) is 0 Å². The summed E-state index contributed by atoms with van der Waals surface area (Å²) in [5.41, 5.74) is 2.44. The van der Waals surface area contributed by atoms with Crippen LogP contribution < -0.4 is 4.31 Å². The zero-order valence-electron chi connectivity index (χ0n) is 14.2. The summed E-state index contributed by atoms with van der Waals surface area (Å²) in [4.78, 5) is 12.5. The number of ether oxygens (including phenoxy) is 1. The Morgan fingerprint density at radius 3 is 2.50 bits per heavy atom. The van der Waals surface area contributed by atoms with Crippen molar-refractivity contribution < 1.29 is 17.9 Å². The molecule has 0 saturated carbocycles. The van der Waals surface area contributed by atoms with Crippen LogP contribution in [0.2, 0.25) is 0 Å². The molecule has 3 aromatic rings. The summed E-state index contributed by atoms with van der Waals surface area (Å²) in [6.07, 6.45) is 0. The Hall–Kier alpha value is -2.86. The monoisotopic (exact) mass is 367 g/mol. The molecule has 1 aliphatic rings. The van der Waals surface area contributed by atoms with Gasteiger partial charge in [-0.1, -0.05) is 48.5 Å².